The molecule has 0 spiro atoms. The van der Waals surface area contributed by atoms with Crippen molar-refractivity contribution in [3.63, 3.8) is 0 Å². The van der Waals surface area contributed by atoms with E-state index < -0.39 is 5.41 Å². The minimum absolute atomic E-state index is 0.0347. The van der Waals surface area contributed by atoms with Crippen molar-refractivity contribution in [3.8, 4) is 0 Å². The lowest BCUT2D eigenvalue weighted by atomic mass is 9.78. The first-order valence-electron chi connectivity index (χ1n) is 10.5. The number of benzene rings is 2. The Hall–Kier alpha value is -2.43. The highest BCUT2D eigenvalue weighted by atomic mass is 35.5. The van der Waals surface area contributed by atoms with Gasteiger partial charge >= 0.3 is 0 Å². The predicted molar refractivity (Wildman–Crippen MR) is 132 cm³/mol. The highest BCUT2D eigenvalue weighted by molar-refractivity contribution is 6.30. The summed E-state index contributed by atoms with van der Waals surface area (Å²) >= 11 is 6.01. The molecule has 5 heteroatoms. The van der Waals surface area contributed by atoms with Crippen molar-refractivity contribution < 1.29 is 4.79 Å². The summed E-state index contributed by atoms with van der Waals surface area (Å²) in [6, 6.07) is 17.9. The SMILES string of the molecule is C=NN(/C=C(\C)C(=O)C(C)(C)c1ccc(Cl)cc1)C(C)(C)CC(NC)c1ccccc1. The zero-order valence-corrected chi connectivity index (χ0v) is 20.2. The third-order valence-corrected chi connectivity index (χ3v) is 6.09. The fourth-order valence-electron chi connectivity index (χ4n) is 3.80. The molecule has 2 rings (SSSR count). The summed E-state index contributed by atoms with van der Waals surface area (Å²) in [5.74, 6) is 0.0347. The number of rotatable bonds is 10. The third-order valence-electron chi connectivity index (χ3n) is 5.83. The van der Waals surface area contributed by atoms with Crippen LogP contribution in [0.1, 0.15) is 58.2 Å². The molecule has 0 fully saturated rings. The van der Waals surface area contributed by atoms with Crippen molar-refractivity contribution >= 4 is 24.1 Å². The average Bonchev–Trinajstić information content (AvgIpc) is 2.75. The van der Waals surface area contributed by atoms with Crippen molar-refractivity contribution in [3.05, 3.63) is 82.5 Å². The molecule has 0 aromatic heterocycles. The van der Waals surface area contributed by atoms with Gasteiger partial charge in [0, 0.05) is 29.6 Å². The Kier molecular flexibility index (Phi) is 8.21. The van der Waals surface area contributed by atoms with Gasteiger partial charge in [-0.2, -0.15) is 5.10 Å². The molecule has 2 aromatic rings. The van der Waals surface area contributed by atoms with E-state index in [0.29, 0.717) is 10.6 Å². The molecule has 0 aliphatic carbocycles. The topological polar surface area (TPSA) is 44.7 Å². The van der Waals surface area contributed by atoms with E-state index in [1.165, 1.54) is 5.56 Å². The third kappa shape index (κ3) is 6.05. The first-order chi connectivity index (χ1) is 14.5. The number of carbonyl (C=O) groups excluding carboxylic acids is 1. The second-order valence-corrected chi connectivity index (χ2v) is 9.46. The molecule has 2 aromatic carbocycles. The van der Waals surface area contributed by atoms with Crippen molar-refractivity contribution in [2.24, 2.45) is 5.10 Å². The van der Waals surface area contributed by atoms with E-state index in [4.69, 9.17) is 11.6 Å². The van der Waals surface area contributed by atoms with Crippen LogP contribution in [0.2, 0.25) is 5.02 Å². The van der Waals surface area contributed by atoms with E-state index in [1.807, 2.05) is 76.5 Å². The summed E-state index contributed by atoms with van der Waals surface area (Å²) in [6.07, 6.45) is 2.59. The molecule has 166 valence electrons. The monoisotopic (exact) mass is 439 g/mol. The van der Waals surface area contributed by atoms with Crippen molar-refractivity contribution in [2.75, 3.05) is 7.05 Å². The van der Waals surface area contributed by atoms with Crippen LogP contribution in [0.5, 0.6) is 0 Å². The van der Waals surface area contributed by atoms with Gasteiger partial charge in [-0.15, -0.1) is 0 Å². The number of Topliss-reactive ketones (excluding diaryl/α,β-unsaturated/α-hetero) is 1. The largest absolute Gasteiger partial charge is 0.313 e. The second kappa shape index (κ2) is 10.3. The minimum Gasteiger partial charge on any atom is -0.313 e. The van der Waals surface area contributed by atoms with Crippen molar-refractivity contribution in [1.82, 2.24) is 10.3 Å². The molecule has 31 heavy (non-hydrogen) atoms. The Bertz CT molecular complexity index is 917. The van der Waals surface area contributed by atoms with E-state index in [-0.39, 0.29) is 17.4 Å². The first-order valence-corrected chi connectivity index (χ1v) is 10.9. The standard InChI is InChI=1S/C26H34ClN3O/c1-19(24(31)26(4,5)21-13-15-22(27)16-14-21)18-30(29-7)25(2,3)17-23(28-6)20-11-9-8-10-12-20/h8-16,18,23,28H,7,17H2,1-6H3/b19-18+. The smallest absolute Gasteiger partial charge is 0.170 e. The van der Waals surface area contributed by atoms with Crippen LogP contribution in [0.25, 0.3) is 0 Å². The molecule has 0 saturated heterocycles. The predicted octanol–water partition coefficient (Wildman–Crippen LogP) is 6.14. The summed E-state index contributed by atoms with van der Waals surface area (Å²) in [7, 11) is 1.96. The zero-order chi connectivity index (χ0) is 23.2. The molecular formula is C26H34ClN3O. The number of nitrogens with zero attached hydrogens (tertiary/aromatic N) is 2. The number of hydrogen-bond acceptors (Lipinski definition) is 4. The normalized spacial score (nSPS) is 13.6. The second-order valence-electron chi connectivity index (χ2n) is 9.03. The fraction of sp³-hybridized carbons (Fsp3) is 0.385. The summed E-state index contributed by atoms with van der Waals surface area (Å²) in [5, 5.41) is 10.1. The quantitative estimate of drug-likeness (QED) is 0.275. The summed E-state index contributed by atoms with van der Waals surface area (Å²) < 4.78 is 0. The zero-order valence-electron chi connectivity index (χ0n) is 19.4. The minimum atomic E-state index is -0.681. The average molecular weight is 440 g/mol. The van der Waals surface area contributed by atoms with Crippen LogP contribution >= 0.6 is 11.6 Å². The molecule has 0 aliphatic heterocycles. The van der Waals surface area contributed by atoms with Gasteiger partial charge in [0.05, 0.1) is 11.0 Å². The number of carbonyl (C=O) groups is 1. The van der Waals surface area contributed by atoms with E-state index in [1.54, 1.807) is 5.01 Å². The lowest BCUT2D eigenvalue weighted by Crippen LogP contribution is -2.41. The van der Waals surface area contributed by atoms with Crippen LogP contribution in [0, 0.1) is 0 Å². The number of allylic oxidation sites excluding steroid dienone is 1. The first kappa shape index (κ1) is 24.8. The molecule has 1 atom stereocenters. The van der Waals surface area contributed by atoms with Crippen LogP contribution in [-0.2, 0) is 10.2 Å². The number of halogens is 1. The van der Waals surface area contributed by atoms with E-state index >= 15 is 0 Å². The van der Waals surface area contributed by atoms with Crippen LogP contribution in [-0.4, -0.2) is 30.1 Å². The van der Waals surface area contributed by atoms with Gasteiger partial charge in [0.2, 0.25) is 0 Å². The fourth-order valence-corrected chi connectivity index (χ4v) is 3.93. The van der Waals surface area contributed by atoms with Gasteiger partial charge in [-0.05, 0) is 71.3 Å². The van der Waals surface area contributed by atoms with Crippen LogP contribution in [0.3, 0.4) is 0 Å². The van der Waals surface area contributed by atoms with Gasteiger partial charge in [-0.1, -0.05) is 54.1 Å². The van der Waals surface area contributed by atoms with Gasteiger partial charge in [-0.3, -0.25) is 9.80 Å². The molecule has 0 bridgehead atoms. The molecule has 1 N–H and O–H groups in total. The van der Waals surface area contributed by atoms with Crippen molar-refractivity contribution in [2.45, 2.75) is 58.0 Å². The Labute approximate surface area is 192 Å². The van der Waals surface area contributed by atoms with E-state index in [0.717, 1.165) is 12.0 Å². The molecule has 1 unspecified atom stereocenters. The van der Waals surface area contributed by atoms with Gasteiger partial charge < -0.3 is 5.32 Å². The molecule has 0 radical (unpaired) electrons. The molecular weight excluding hydrogens is 406 g/mol. The number of nitrogens with one attached hydrogen (secondary N) is 1. The Balaban J connectivity index is 2.26. The van der Waals surface area contributed by atoms with Crippen LogP contribution < -0.4 is 5.32 Å². The number of hydrazone groups is 1. The molecule has 4 nitrogen and oxygen atoms in total. The maximum Gasteiger partial charge on any atom is 0.170 e. The molecule has 0 aliphatic rings. The number of hydrogen-bond donors (Lipinski definition) is 1. The highest BCUT2D eigenvalue weighted by Gasteiger charge is 2.33. The lowest BCUT2D eigenvalue weighted by Gasteiger charge is -2.37. The van der Waals surface area contributed by atoms with Gasteiger partial charge in [0.25, 0.3) is 0 Å². The summed E-state index contributed by atoms with van der Waals surface area (Å²) in [6.45, 7) is 13.7. The van der Waals surface area contributed by atoms with Crippen molar-refractivity contribution in [1.29, 1.82) is 0 Å². The van der Waals surface area contributed by atoms with Gasteiger partial charge in [0.1, 0.15) is 0 Å². The Morgan fingerprint density at radius 2 is 1.71 bits per heavy atom. The molecule has 0 amide bonds. The van der Waals surface area contributed by atoms with Gasteiger partial charge in [-0.25, -0.2) is 0 Å². The highest BCUT2D eigenvalue weighted by Crippen LogP contribution is 2.32. The summed E-state index contributed by atoms with van der Waals surface area (Å²) in [4.78, 5) is 13.3. The number of ketones is 1. The van der Waals surface area contributed by atoms with Crippen LogP contribution in [0.4, 0.5) is 0 Å². The van der Waals surface area contributed by atoms with E-state index in [9.17, 15) is 4.79 Å². The Morgan fingerprint density at radius 1 is 1.13 bits per heavy atom. The molecule has 0 saturated carbocycles. The van der Waals surface area contributed by atoms with Crippen LogP contribution in [0.15, 0.2) is 71.5 Å². The summed E-state index contributed by atoms with van der Waals surface area (Å²) in [5.41, 5.74) is 1.71. The maximum absolute atomic E-state index is 13.3. The lowest BCUT2D eigenvalue weighted by molar-refractivity contribution is -0.119. The maximum atomic E-state index is 13.3. The molecule has 0 heterocycles. The van der Waals surface area contributed by atoms with E-state index in [2.05, 4.69) is 43.1 Å². The Morgan fingerprint density at radius 3 is 2.23 bits per heavy atom. The van der Waals surface area contributed by atoms with Gasteiger partial charge in [0.15, 0.2) is 5.78 Å².